The number of aryl methyl sites for hydroxylation is 1. The van der Waals surface area contributed by atoms with Crippen molar-refractivity contribution in [2.24, 2.45) is 0 Å². The molecule has 1 aliphatic heterocycles. The van der Waals surface area contributed by atoms with Gasteiger partial charge in [0, 0.05) is 46.7 Å². The number of halogens is 1. The first kappa shape index (κ1) is 21.8. The highest BCUT2D eigenvalue weighted by Gasteiger charge is 2.34. The van der Waals surface area contributed by atoms with Crippen molar-refractivity contribution in [2.75, 3.05) is 22.5 Å². The van der Waals surface area contributed by atoms with Crippen molar-refractivity contribution in [3.8, 4) is 0 Å². The molecule has 0 saturated carbocycles. The second-order valence-corrected chi connectivity index (χ2v) is 9.83. The quantitative estimate of drug-likeness (QED) is 0.482. The van der Waals surface area contributed by atoms with Crippen LogP contribution in [0.1, 0.15) is 29.3 Å². The zero-order valence-electron chi connectivity index (χ0n) is 16.9. The molecule has 1 fully saturated rings. The molecule has 160 valence electrons. The van der Waals surface area contributed by atoms with E-state index in [9.17, 15) is 9.59 Å². The molecule has 9 heteroatoms. The number of nitrogens with one attached hydrogen (secondary N) is 1. The van der Waals surface area contributed by atoms with Gasteiger partial charge in [-0.1, -0.05) is 47.2 Å². The molecule has 31 heavy (non-hydrogen) atoms. The van der Waals surface area contributed by atoms with Crippen LogP contribution in [0, 0.1) is 6.92 Å². The van der Waals surface area contributed by atoms with Crippen molar-refractivity contribution in [3.05, 3.63) is 64.1 Å². The Labute approximate surface area is 194 Å². The number of rotatable bonds is 7. The number of carbonyl (C=O) groups excluding carboxylic acids is 2. The molecule has 6 nitrogen and oxygen atoms in total. The van der Waals surface area contributed by atoms with Gasteiger partial charge in [0.15, 0.2) is 0 Å². The van der Waals surface area contributed by atoms with Crippen molar-refractivity contribution in [1.82, 2.24) is 10.2 Å². The number of amides is 2. The summed E-state index contributed by atoms with van der Waals surface area (Å²) in [5.74, 6) is 0.574. The minimum Gasteiger partial charge on any atom is -0.312 e. The van der Waals surface area contributed by atoms with Crippen molar-refractivity contribution in [3.63, 3.8) is 0 Å². The Kier molecular flexibility index (Phi) is 6.89. The van der Waals surface area contributed by atoms with E-state index < -0.39 is 0 Å². The minimum atomic E-state index is -0.0930. The Hall–Kier alpha value is -2.42. The highest BCUT2D eigenvalue weighted by atomic mass is 35.5. The van der Waals surface area contributed by atoms with Gasteiger partial charge in [-0.2, -0.15) is 0 Å². The summed E-state index contributed by atoms with van der Waals surface area (Å²) in [4.78, 5) is 27.6. The second-order valence-electron chi connectivity index (χ2n) is 7.24. The standard InChI is InChI=1S/C22H21ClN4O2S2/c1-14-7-8-16(12-18(14)23)27-13-15(11-20(27)29)21-25-26-22(31-21)24-19(28)9-10-30-17-5-3-2-4-6-17/h2-8,12,15H,9-11,13H2,1H3,(H,24,26,28)/t15-/m1/s1. The topological polar surface area (TPSA) is 75.2 Å². The SMILES string of the molecule is Cc1ccc(N2C[C@H](c3nnc(NC(=O)CCSc4ccccc4)s3)CC2=O)cc1Cl. The number of nitrogens with zero attached hydrogens (tertiary/aromatic N) is 3. The summed E-state index contributed by atoms with van der Waals surface area (Å²) in [5, 5.41) is 13.0. The lowest BCUT2D eigenvalue weighted by molar-refractivity contribution is -0.117. The van der Waals surface area contributed by atoms with Gasteiger partial charge in [-0.05, 0) is 36.8 Å². The van der Waals surface area contributed by atoms with E-state index in [0.717, 1.165) is 21.2 Å². The number of anilines is 2. The molecule has 0 aliphatic carbocycles. The average Bonchev–Trinajstić information content (AvgIpc) is 3.37. The first-order valence-electron chi connectivity index (χ1n) is 9.87. The van der Waals surface area contributed by atoms with Crippen molar-refractivity contribution in [2.45, 2.75) is 30.6 Å². The number of aromatic nitrogens is 2. The van der Waals surface area contributed by atoms with Crippen molar-refractivity contribution < 1.29 is 9.59 Å². The molecule has 1 N–H and O–H groups in total. The second kappa shape index (κ2) is 9.80. The van der Waals surface area contributed by atoms with Crippen LogP contribution < -0.4 is 10.2 Å². The summed E-state index contributed by atoms with van der Waals surface area (Å²) in [6.45, 7) is 2.45. The van der Waals surface area contributed by atoms with E-state index in [1.54, 1.807) is 16.7 Å². The third kappa shape index (κ3) is 5.44. The zero-order valence-corrected chi connectivity index (χ0v) is 19.3. The van der Waals surface area contributed by atoms with Gasteiger partial charge >= 0.3 is 0 Å². The highest BCUT2D eigenvalue weighted by molar-refractivity contribution is 7.99. The zero-order chi connectivity index (χ0) is 21.8. The number of carbonyl (C=O) groups is 2. The fraction of sp³-hybridized carbons (Fsp3) is 0.273. The van der Waals surface area contributed by atoms with E-state index in [4.69, 9.17) is 11.6 Å². The smallest absolute Gasteiger partial charge is 0.227 e. The van der Waals surface area contributed by atoms with Crippen molar-refractivity contribution in [1.29, 1.82) is 0 Å². The lowest BCUT2D eigenvalue weighted by atomic mass is 10.1. The summed E-state index contributed by atoms with van der Waals surface area (Å²) < 4.78 is 0. The van der Waals surface area contributed by atoms with Gasteiger partial charge in [0.25, 0.3) is 0 Å². The van der Waals surface area contributed by atoms with Crippen LogP contribution in [0.15, 0.2) is 53.4 Å². The third-order valence-electron chi connectivity index (χ3n) is 4.97. The van der Waals surface area contributed by atoms with Crippen LogP contribution in [0.2, 0.25) is 5.02 Å². The Balaban J connectivity index is 1.31. The van der Waals surface area contributed by atoms with E-state index in [1.165, 1.54) is 11.3 Å². The van der Waals surface area contributed by atoms with Crippen molar-refractivity contribution >= 4 is 57.3 Å². The fourth-order valence-electron chi connectivity index (χ4n) is 3.28. The van der Waals surface area contributed by atoms with Crippen LogP contribution in [-0.2, 0) is 9.59 Å². The fourth-order valence-corrected chi connectivity index (χ4v) is 5.18. The van der Waals surface area contributed by atoms with Gasteiger partial charge in [-0.3, -0.25) is 9.59 Å². The molecule has 1 aromatic heterocycles. The van der Waals surface area contributed by atoms with Crippen LogP contribution in [0.4, 0.5) is 10.8 Å². The van der Waals surface area contributed by atoms with Gasteiger partial charge in [0.1, 0.15) is 5.01 Å². The maximum Gasteiger partial charge on any atom is 0.227 e. The molecule has 2 amide bonds. The third-order valence-corrected chi connectivity index (χ3v) is 7.39. The predicted octanol–water partition coefficient (Wildman–Crippen LogP) is 5.14. The molecule has 0 unspecified atom stereocenters. The number of benzene rings is 2. The van der Waals surface area contributed by atoms with Gasteiger partial charge in [0.2, 0.25) is 16.9 Å². The molecule has 3 aromatic rings. The lowest BCUT2D eigenvalue weighted by Crippen LogP contribution is -2.24. The molecular weight excluding hydrogens is 452 g/mol. The number of hydrogen-bond donors (Lipinski definition) is 1. The van der Waals surface area contributed by atoms with Gasteiger partial charge in [-0.25, -0.2) is 0 Å². The Morgan fingerprint density at radius 1 is 1.26 bits per heavy atom. The Bertz CT molecular complexity index is 1090. The molecular formula is C22H21ClN4O2S2. The maximum atomic E-state index is 12.5. The molecule has 0 spiro atoms. The molecule has 1 atom stereocenters. The normalized spacial score (nSPS) is 16.0. The monoisotopic (exact) mass is 472 g/mol. The largest absolute Gasteiger partial charge is 0.312 e. The van der Waals surface area contributed by atoms with Gasteiger partial charge in [0.05, 0.1) is 0 Å². The van der Waals surface area contributed by atoms with Crippen LogP contribution in [0.5, 0.6) is 0 Å². The molecule has 2 heterocycles. The number of thioether (sulfide) groups is 1. The summed E-state index contributed by atoms with van der Waals surface area (Å²) in [5.41, 5.74) is 1.76. The van der Waals surface area contributed by atoms with Gasteiger partial charge < -0.3 is 10.2 Å². The maximum absolute atomic E-state index is 12.5. The molecule has 4 rings (SSSR count). The highest BCUT2D eigenvalue weighted by Crippen LogP contribution is 2.35. The van der Waals surface area contributed by atoms with Gasteiger partial charge in [-0.15, -0.1) is 22.0 Å². The molecule has 0 bridgehead atoms. The summed E-state index contributed by atoms with van der Waals surface area (Å²) in [6, 6.07) is 15.6. The van der Waals surface area contributed by atoms with Crippen LogP contribution in [0.25, 0.3) is 0 Å². The molecule has 2 aromatic carbocycles. The number of hydrogen-bond acceptors (Lipinski definition) is 6. The van der Waals surface area contributed by atoms with E-state index in [-0.39, 0.29) is 17.7 Å². The van der Waals surface area contributed by atoms with Crippen LogP contribution in [-0.4, -0.2) is 34.3 Å². The minimum absolute atomic E-state index is 0.0312. The first-order valence-corrected chi connectivity index (χ1v) is 12.0. The Morgan fingerprint density at radius 3 is 2.84 bits per heavy atom. The summed E-state index contributed by atoms with van der Waals surface area (Å²) >= 11 is 9.18. The van der Waals surface area contributed by atoms with Crippen LogP contribution >= 0.6 is 34.7 Å². The predicted molar refractivity (Wildman–Crippen MR) is 126 cm³/mol. The van der Waals surface area contributed by atoms with E-state index in [0.29, 0.717) is 35.3 Å². The van der Waals surface area contributed by atoms with E-state index in [2.05, 4.69) is 15.5 Å². The first-order chi connectivity index (χ1) is 15.0. The van der Waals surface area contributed by atoms with E-state index in [1.807, 2.05) is 55.5 Å². The van der Waals surface area contributed by atoms with Crippen LogP contribution in [0.3, 0.4) is 0 Å². The summed E-state index contributed by atoms with van der Waals surface area (Å²) in [7, 11) is 0. The molecule has 1 aliphatic rings. The van der Waals surface area contributed by atoms with E-state index >= 15 is 0 Å². The lowest BCUT2D eigenvalue weighted by Gasteiger charge is -2.17. The average molecular weight is 473 g/mol. The molecule has 0 radical (unpaired) electrons. The molecule has 1 saturated heterocycles. The summed E-state index contributed by atoms with van der Waals surface area (Å²) in [6.07, 6.45) is 0.750. The Morgan fingerprint density at radius 2 is 2.06 bits per heavy atom.